The molecular weight excluding hydrogens is 218 g/mol. The molecule has 0 amide bonds. The first-order valence-corrected chi connectivity index (χ1v) is 5.36. The van der Waals surface area contributed by atoms with E-state index in [2.05, 4.69) is 4.99 Å². The molecule has 0 radical (unpaired) electrons. The van der Waals surface area contributed by atoms with Gasteiger partial charge in [-0.2, -0.15) is 0 Å². The van der Waals surface area contributed by atoms with Gasteiger partial charge in [0, 0.05) is 6.08 Å². The number of allylic oxidation sites excluding steroid dienone is 1. The molecule has 0 aliphatic carbocycles. The topological polar surface area (TPSA) is 58.9 Å². The molecule has 0 fully saturated rings. The highest BCUT2D eigenvalue weighted by atomic mass is 16.5. The van der Waals surface area contributed by atoms with Crippen LogP contribution in [0.15, 0.2) is 47.2 Å². The summed E-state index contributed by atoms with van der Waals surface area (Å²) >= 11 is 0. The van der Waals surface area contributed by atoms with Gasteiger partial charge in [0.15, 0.2) is 5.78 Å². The maximum Gasteiger partial charge on any atom is 0.186 e. The van der Waals surface area contributed by atoms with Crippen molar-refractivity contribution in [1.29, 1.82) is 0 Å². The van der Waals surface area contributed by atoms with Crippen LogP contribution in [0, 0.1) is 0 Å². The molecule has 1 unspecified atom stereocenters. The summed E-state index contributed by atoms with van der Waals surface area (Å²) in [6, 6.07) is 9.00. The highest BCUT2D eigenvalue weighted by Crippen LogP contribution is 2.09. The predicted octanol–water partition coefficient (Wildman–Crippen LogP) is 1.10. The molecule has 1 heterocycles. The van der Waals surface area contributed by atoms with Crippen LogP contribution in [0.25, 0.3) is 0 Å². The van der Waals surface area contributed by atoms with Gasteiger partial charge in [-0.05, 0) is 5.56 Å². The van der Waals surface area contributed by atoms with E-state index < -0.39 is 6.04 Å². The van der Waals surface area contributed by atoms with E-state index in [1.165, 1.54) is 12.3 Å². The second kappa shape index (κ2) is 5.41. The lowest BCUT2D eigenvalue weighted by atomic mass is 10.1. The first kappa shape index (κ1) is 11.5. The lowest BCUT2D eigenvalue weighted by molar-refractivity contribution is -0.116. The molecule has 1 aliphatic rings. The van der Waals surface area contributed by atoms with Crippen LogP contribution in [0.3, 0.4) is 0 Å². The van der Waals surface area contributed by atoms with Crippen LogP contribution in [0.5, 0.6) is 0 Å². The Morgan fingerprint density at radius 3 is 2.71 bits per heavy atom. The van der Waals surface area contributed by atoms with Crippen molar-refractivity contribution in [2.75, 3.05) is 6.61 Å². The van der Waals surface area contributed by atoms with Gasteiger partial charge < -0.3 is 9.84 Å². The first-order valence-electron chi connectivity index (χ1n) is 5.36. The maximum atomic E-state index is 11.4. The summed E-state index contributed by atoms with van der Waals surface area (Å²) in [4.78, 5) is 15.3. The minimum absolute atomic E-state index is 0.224. The first-order chi connectivity index (χ1) is 8.29. The standard InChI is InChI=1S/C13H13NO3/c15-8-12-13(16)6-11(7-14-12)17-9-10-4-2-1-3-5-10/h1-7,12,15H,8-9H2. The van der Waals surface area contributed by atoms with Crippen LogP contribution in [-0.2, 0) is 16.1 Å². The highest BCUT2D eigenvalue weighted by Gasteiger charge is 2.18. The average molecular weight is 231 g/mol. The van der Waals surface area contributed by atoms with Crippen LogP contribution < -0.4 is 0 Å². The molecule has 1 atom stereocenters. The summed E-state index contributed by atoms with van der Waals surface area (Å²) in [6.45, 7) is 0.133. The zero-order chi connectivity index (χ0) is 12.1. The quantitative estimate of drug-likeness (QED) is 0.844. The average Bonchev–Trinajstić information content (AvgIpc) is 2.38. The Kier molecular flexibility index (Phi) is 3.67. The van der Waals surface area contributed by atoms with Gasteiger partial charge in [0.2, 0.25) is 0 Å². The summed E-state index contributed by atoms with van der Waals surface area (Å²) < 4.78 is 5.44. The Morgan fingerprint density at radius 2 is 2.06 bits per heavy atom. The van der Waals surface area contributed by atoms with Crippen LogP contribution in [0.2, 0.25) is 0 Å². The number of aliphatic hydroxyl groups excluding tert-OH is 1. The number of ketones is 1. The van der Waals surface area contributed by atoms with Crippen molar-refractivity contribution in [2.24, 2.45) is 4.99 Å². The second-order valence-corrected chi connectivity index (χ2v) is 3.70. The van der Waals surface area contributed by atoms with Gasteiger partial charge in [0.25, 0.3) is 0 Å². The van der Waals surface area contributed by atoms with Crippen LogP contribution in [0.1, 0.15) is 5.56 Å². The molecule has 0 saturated carbocycles. The van der Waals surface area contributed by atoms with Crippen molar-refractivity contribution in [3.8, 4) is 0 Å². The van der Waals surface area contributed by atoms with Gasteiger partial charge in [-0.1, -0.05) is 30.3 Å². The van der Waals surface area contributed by atoms with Gasteiger partial charge in [-0.15, -0.1) is 0 Å². The zero-order valence-corrected chi connectivity index (χ0v) is 9.24. The SMILES string of the molecule is O=C1C=C(OCc2ccccc2)C=NC1CO. The van der Waals surface area contributed by atoms with E-state index in [-0.39, 0.29) is 12.4 Å². The number of ether oxygens (including phenoxy) is 1. The molecule has 4 heteroatoms. The number of aliphatic hydroxyl groups is 1. The summed E-state index contributed by atoms with van der Waals surface area (Å²) in [6.07, 6.45) is 2.85. The lowest BCUT2D eigenvalue weighted by Gasteiger charge is -2.13. The zero-order valence-electron chi connectivity index (χ0n) is 9.24. The fraction of sp³-hybridized carbons (Fsp3) is 0.231. The Bertz CT molecular complexity index is 451. The van der Waals surface area contributed by atoms with E-state index in [0.717, 1.165) is 5.56 Å². The summed E-state index contributed by atoms with van der Waals surface area (Å²) in [5.41, 5.74) is 1.03. The molecular formula is C13H13NO3. The molecule has 1 aliphatic heterocycles. The number of aliphatic imine (C=N–C) groups is 1. The second-order valence-electron chi connectivity index (χ2n) is 3.70. The Hall–Kier alpha value is -1.94. The number of benzene rings is 1. The molecule has 17 heavy (non-hydrogen) atoms. The number of hydrogen-bond donors (Lipinski definition) is 1. The molecule has 4 nitrogen and oxygen atoms in total. The summed E-state index contributed by atoms with van der Waals surface area (Å²) in [5.74, 6) is 0.210. The monoisotopic (exact) mass is 231 g/mol. The van der Waals surface area contributed by atoms with Crippen molar-refractivity contribution < 1.29 is 14.6 Å². The number of hydrogen-bond acceptors (Lipinski definition) is 4. The van der Waals surface area contributed by atoms with Gasteiger partial charge in [0.05, 0.1) is 12.8 Å². The van der Waals surface area contributed by atoms with E-state index in [1.807, 2.05) is 30.3 Å². The van der Waals surface area contributed by atoms with E-state index in [9.17, 15) is 4.79 Å². The molecule has 1 aromatic rings. The van der Waals surface area contributed by atoms with E-state index in [4.69, 9.17) is 9.84 Å². The predicted molar refractivity (Wildman–Crippen MR) is 63.7 cm³/mol. The van der Waals surface area contributed by atoms with Gasteiger partial charge >= 0.3 is 0 Å². The Morgan fingerprint density at radius 1 is 1.29 bits per heavy atom. The minimum atomic E-state index is -0.668. The Labute approximate surface area is 99.3 Å². The Balaban J connectivity index is 1.93. The van der Waals surface area contributed by atoms with Crippen molar-refractivity contribution in [1.82, 2.24) is 0 Å². The molecule has 0 saturated heterocycles. The van der Waals surface area contributed by atoms with Crippen LogP contribution in [0.4, 0.5) is 0 Å². The molecule has 0 spiro atoms. The molecule has 0 aromatic heterocycles. The molecule has 88 valence electrons. The third-order valence-corrected chi connectivity index (χ3v) is 2.42. The third kappa shape index (κ3) is 3.01. The molecule has 1 aromatic carbocycles. The summed E-state index contributed by atoms with van der Waals surface area (Å²) in [7, 11) is 0. The normalized spacial score (nSPS) is 19.0. The van der Waals surface area contributed by atoms with Gasteiger partial charge in [-0.3, -0.25) is 9.79 Å². The van der Waals surface area contributed by atoms with Crippen molar-refractivity contribution in [2.45, 2.75) is 12.6 Å². The molecule has 1 N–H and O–H groups in total. The maximum absolute atomic E-state index is 11.4. The highest BCUT2D eigenvalue weighted by molar-refractivity contribution is 6.02. The van der Waals surface area contributed by atoms with E-state index in [1.54, 1.807) is 0 Å². The number of rotatable bonds is 4. The summed E-state index contributed by atoms with van der Waals surface area (Å²) in [5, 5.41) is 8.85. The molecule has 2 rings (SSSR count). The minimum Gasteiger partial charge on any atom is -0.487 e. The van der Waals surface area contributed by atoms with Crippen LogP contribution in [-0.4, -0.2) is 29.8 Å². The van der Waals surface area contributed by atoms with Crippen LogP contribution >= 0.6 is 0 Å². The lowest BCUT2D eigenvalue weighted by Crippen LogP contribution is -2.24. The van der Waals surface area contributed by atoms with Gasteiger partial charge in [-0.25, -0.2) is 0 Å². The fourth-order valence-electron chi connectivity index (χ4n) is 1.47. The third-order valence-electron chi connectivity index (χ3n) is 2.42. The fourth-order valence-corrected chi connectivity index (χ4v) is 1.47. The number of carbonyl (C=O) groups is 1. The van der Waals surface area contributed by atoms with Crippen molar-refractivity contribution >= 4 is 12.0 Å². The van der Waals surface area contributed by atoms with Gasteiger partial charge in [0.1, 0.15) is 18.4 Å². The van der Waals surface area contributed by atoms with Crippen molar-refractivity contribution in [3.63, 3.8) is 0 Å². The number of dihydropyridines is 1. The van der Waals surface area contributed by atoms with Crippen molar-refractivity contribution in [3.05, 3.63) is 47.7 Å². The largest absolute Gasteiger partial charge is 0.487 e. The number of nitrogens with zero attached hydrogens (tertiary/aromatic N) is 1. The molecule has 0 bridgehead atoms. The number of carbonyl (C=O) groups excluding carboxylic acids is 1. The smallest absolute Gasteiger partial charge is 0.186 e. The van der Waals surface area contributed by atoms with E-state index in [0.29, 0.717) is 12.4 Å². The van der Waals surface area contributed by atoms with E-state index >= 15 is 0 Å².